The average Bonchev–Trinajstić information content (AvgIpc) is 3.21. The number of nitrogens with one attached hydrogen (secondary N) is 3. The van der Waals surface area contributed by atoms with Crippen molar-refractivity contribution in [1.29, 1.82) is 0 Å². The van der Waals surface area contributed by atoms with Crippen LogP contribution < -0.4 is 20.1 Å². The smallest absolute Gasteiger partial charge is 0.261 e. The van der Waals surface area contributed by atoms with Crippen molar-refractivity contribution in [2.75, 3.05) is 24.2 Å². The quantitative estimate of drug-likeness (QED) is 0.517. The van der Waals surface area contributed by atoms with E-state index in [4.69, 9.17) is 4.74 Å². The molecule has 0 aliphatic rings. The SMILES string of the molecule is CNC(=O)c1ccsc1NC(=O)c1ccccc1NS(=O)(=O)c1ccc(OC)cc1. The lowest BCUT2D eigenvalue weighted by Gasteiger charge is -2.13. The highest BCUT2D eigenvalue weighted by Crippen LogP contribution is 2.26. The van der Waals surface area contributed by atoms with Crippen molar-refractivity contribution in [3.05, 3.63) is 71.1 Å². The van der Waals surface area contributed by atoms with E-state index < -0.39 is 15.9 Å². The van der Waals surface area contributed by atoms with Crippen molar-refractivity contribution >= 4 is 43.9 Å². The molecular weight excluding hydrogens is 426 g/mol. The number of anilines is 2. The Morgan fingerprint density at radius 2 is 1.63 bits per heavy atom. The number of sulfonamides is 1. The van der Waals surface area contributed by atoms with E-state index in [-0.39, 0.29) is 22.1 Å². The lowest BCUT2D eigenvalue weighted by Crippen LogP contribution is -2.21. The van der Waals surface area contributed by atoms with Crippen molar-refractivity contribution in [1.82, 2.24) is 5.32 Å². The van der Waals surface area contributed by atoms with E-state index in [1.165, 1.54) is 61.9 Å². The number of amides is 2. The van der Waals surface area contributed by atoms with Gasteiger partial charge in [-0.25, -0.2) is 8.42 Å². The Labute approximate surface area is 177 Å². The number of carbonyl (C=O) groups excluding carboxylic acids is 2. The first-order chi connectivity index (χ1) is 14.4. The summed E-state index contributed by atoms with van der Waals surface area (Å²) in [6.45, 7) is 0. The van der Waals surface area contributed by atoms with Gasteiger partial charge >= 0.3 is 0 Å². The first-order valence-electron chi connectivity index (χ1n) is 8.72. The molecular formula is C20H19N3O5S2. The lowest BCUT2D eigenvalue weighted by molar-refractivity contribution is 0.0964. The van der Waals surface area contributed by atoms with Crippen molar-refractivity contribution in [3.8, 4) is 5.75 Å². The first kappa shape index (κ1) is 21.3. The summed E-state index contributed by atoms with van der Waals surface area (Å²) in [7, 11) is -0.948. The van der Waals surface area contributed by atoms with Crippen molar-refractivity contribution in [2.24, 2.45) is 0 Å². The Morgan fingerprint density at radius 3 is 2.30 bits per heavy atom. The van der Waals surface area contributed by atoms with Gasteiger partial charge in [-0.15, -0.1) is 11.3 Å². The third-order valence-electron chi connectivity index (χ3n) is 4.15. The van der Waals surface area contributed by atoms with Gasteiger partial charge in [0, 0.05) is 7.05 Å². The molecule has 0 unspecified atom stereocenters. The standard InChI is InChI=1S/C20H19N3O5S2/c1-21-18(24)16-11-12-29-20(16)22-19(25)15-5-3-4-6-17(15)23-30(26,27)14-9-7-13(28-2)8-10-14/h3-12,23H,1-2H3,(H,21,24)(H,22,25). The van der Waals surface area contributed by atoms with Crippen molar-refractivity contribution in [3.63, 3.8) is 0 Å². The third-order valence-corrected chi connectivity index (χ3v) is 6.36. The molecule has 0 aliphatic heterocycles. The highest BCUT2D eigenvalue weighted by atomic mass is 32.2. The number of hydrogen-bond acceptors (Lipinski definition) is 6. The summed E-state index contributed by atoms with van der Waals surface area (Å²) in [6, 6.07) is 13.7. The summed E-state index contributed by atoms with van der Waals surface area (Å²) in [5.41, 5.74) is 0.557. The zero-order valence-corrected chi connectivity index (χ0v) is 17.8. The van der Waals surface area contributed by atoms with Gasteiger partial charge in [-0.05, 0) is 47.8 Å². The summed E-state index contributed by atoms with van der Waals surface area (Å²) in [4.78, 5) is 24.8. The van der Waals surface area contributed by atoms with Crippen molar-refractivity contribution in [2.45, 2.75) is 4.90 Å². The summed E-state index contributed by atoms with van der Waals surface area (Å²) < 4.78 is 33.0. The molecule has 2 aromatic carbocycles. The Morgan fingerprint density at radius 1 is 0.933 bits per heavy atom. The number of hydrogen-bond donors (Lipinski definition) is 3. The normalized spacial score (nSPS) is 10.9. The van der Waals surface area contributed by atoms with E-state index in [2.05, 4.69) is 15.4 Å². The van der Waals surface area contributed by atoms with Crippen LogP contribution in [0.4, 0.5) is 10.7 Å². The summed E-state index contributed by atoms with van der Waals surface area (Å²) in [5, 5.41) is 7.22. The molecule has 0 bridgehead atoms. The molecule has 8 nitrogen and oxygen atoms in total. The van der Waals surface area contributed by atoms with Gasteiger partial charge in [-0.2, -0.15) is 0 Å². The molecule has 0 saturated carbocycles. The molecule has 0 saturated heterocycles. The van der Waals surface area contributed by atoms with Crippen LogP contribution in [0, 0.1) is 0 Å². The number of rotatable bonds is 7. The molecule has 0 atom stereocenters. The minimum Gasteiger partial charge on any atom is -0.497 e. The zero-order valence-electron chi connectivity index (χ0n) is 16.1. The van der Waals surface area contributed by atoms with Gasteiger partial charge in [-0.1, -0.05) is 12.1 Å². The van der Waals surface area contributed by atoms with Gasteiger partial charge < -0.3 is 15.4 Å². The maximum absolute atomic E-state index is 12.8. The number of methoxy groups -OCH3 is 1. The largest absolute Gasteiger partial charge is 0.497 e. The predicted molar refractivity (Wildman–Crippen MR) is 116 cm³/mol. The number of carbonyl (C=O) groups is 2. The predicted octanol–water partition coefficient (Wildman–Crippen LogP) is 3.17. The van der Waals surface area contributed by atoms with Crippen LogP contribution in [0.1, 0.15) is 20.7 Å². The van der Waals surface area contributed by atoms with Gasteiger partial charge in [0.25, 0.3) is 21.8 Å². The molecule has 30 heavy (non-hydrogen) atoms. The lowest BCUT2D eigenvalue weighted by atomic mass is 10.1. The van der Waals surface area contributed by atoms with Crippen LogP contribution in [0.15, 0.2) is 64.9 Å². The molecule has 10 heteroatoms. The molecule has 3 aromatic rings. The molecule has 0 fully saturated rings. The second kappa shape index (κ2) is 8.97. The van der Waals surface area contributed by atoms with Crippen LogP contribution in [0.2, 0.25) is 0 Å². The number of para-hydroxylation sites is 1. The fraction of sp³-hybridized carbons (Fsp3) is 0.100. The van der Waals surface area contributed by atoms with E-state index in [0.29, 0.717) is 16.3 Å². The highest BCUT2D eigenvalue weighted by molar-refractivity contribution is 7.92. The first-order valence-corrected chi connectivity index (χ1v) is 11.1. The average molecular weight is 446 g/mol. The second-order valence-corrected chi connectivity index (χ2v) is 8.62. The Hall–Kier alpha value is -3.37. The van der Waals surface area contributed by atoms with Crippen LogP contribution in [0.25, 0.3) is 0 Å². The van der Waals surface area contributed by atoms with Gasteiger partial charge in [0.1, 0.15) is 10.8 Å². The topological polar surface area (TPSA) is 114 Å². The Kier molecular flexibility index (Phi) is 6.38. The van der Waals surface area contributed by atoms with Crippen LogP contribution in [-0.4, -0.2) is 34.4 Å². The van der Waals surface area contributed by atoms with Crippen LogP contribution in [0.5, 0.6) is 5.75 Å². The molecule has 156 valence electrons. The Balaban J connectivity index is 1.86. The molecule has 0 spiro atoms. The van der Waals surface area contributed by atoms with Crippen LogP contribution in [-0.2, 0) is 10.0 Å². The summed E-state index contributed by atoms with van der Waals surface area (Å²) in [6.07, 6.45) is 0. The van der Waals surface area contributed by atoms with E-state index in [9.17, 15) is 18.0 Å². The molecule has 0 aliphatic carbocycles. The number of thiophene rings is 1. The Bertz CT molecular complexity index is 1170. The monoisotopic (exact) mass is 445 g/mol. The zero-order chi connectivity index (χ0) is 21.7. The minimum atomic E-state index is -3.93. The molecule has 1 heterocycles. The number of ether oxygens (including phenoxy) is 1. The van der Waals surface area contributed by atoms with E-state index in [1.807, 2.05) is 0 Å². The number of benzene rings is 2. The minimum absolute atomic E-state index is 0.0265. The van der Waals surface area contributed by atoms with Crippen molar-refractivity contribution < 1.29 is 22.7 Å². The molecule has 1 aromatic heterocycles. The highest BCUT2D eigenvalue weighted by Gasteiger charge is 2.20. The second-order valence-electron chi connectivity index (χ2n) is 6.02. The fourth-order valence-electron chi connectivity index (χ4n) is 2.62. The maximum atomic E-state index is 12.8. The van der Waals surface area contributed by atoms with E-state index in [1.54, 1.807) is 23.6 Å². The van der Waals surface area contributed by atoms with Crippen LogP contribution >= 0.6 is 11.3 Å². The van der Waals surface area contributed by atoms with Gasteiger partial charge in [-0.3, -0.25) is 14.3 Å². The van der Waals surface area contributed by atoms with Gasteiger partial charge in [0.2, 0.25) is 0 Å². The maximum Gasteiger partial charge on any atom is 0.261 e. The van der Waals surface area contributed by atoms with E-state index in [0.717, 1.165) is 0 Å². The van der Waals surface area contributed by atoms with Gasteiger partial charge in [0.15, 0.2) is 0 Å². The third kappa shape index (κ3) is 4.61. The van der Waals surface area contributed by atoms with Gasteiger partial charge in [0.05, 0.1) is 28.8 Å². The molecule has 3 rings (SSSR count). The molecule has 0 radical (unpaired) electrons. The van der Waals surface area contributed by atoms with E-state index >= 15 is 0 Å². The molecule has 3 N–H and O–H groups in total. The van der Waals surface area contributed by atoms with Crippen LogP contribution in [0.3, 0.4) is 0 Å². The summed E-state index contributed by atoms with van der Waals surface area (Å²) in [5.74, 6) is -0.354. The summed E-state index contributed by atoms with van der Waals surface area (Å²) >= 11 is 1.19. The fourth-order valence-corrected chi connectivity index (χ4v) is 4.48. The molecule has 2 amide bonds.